The number of esters is 2. The zero-order valence-electron chi connectivity index (χ0n) is 34.7. The molecule has 0 aromatic carbocycles. The first-order valence-corrected chi connectivity index (χ1v) is 22.0. The molecule has 0 aliphatic rings. The van der Waals surface area contributed by atoms with Gasteiger partial charge in [0, 0.05) is 19.3 Å². The summed E-state index contributed by atoms with van der Waals surface area (Å²) in [4.78, 5) is 39.5. The van der Waals surface area contributed by atoms with Gasteiger partial charge in [0.1, 0.15) is 6.61 Å². The summed E-state index contributed by atoms with van der Waals surface area (Å²) in [6, 6.07) is 0. The molecule has 0 aromatic heterocycles. The van der Waals surface area contributed by atoms with Gasteiger partial charge in [-0.2, -0.15) is 0 Å². The van der Waals surface area contributed by atoms with E-state index < -0.39 is 6.10 Å². The second-order valence-corrected chi connectivity index (χ2v) is 15.2. The molecule has 0 saturated heterocycles. The van der Waals surface area contributed by atoms with E-state index in [4.69, 9.17) is 9.47 Å². The van der Waals surface area contributed by atoms with Crippen LogP contribution < -0.4 is 5.32 Å². The SMILES string of the molecule is CCCCCCCC/C=C\CCCCCCCC(=O)OCC(CNC(=O)CCCN(C)C)OC(=O)CCCCCCC/C=C\CCCCCCCC. The van der Waals surface area contributed by atoms with Crippen LogP contribution >= 0.6 is 0 Å². The summed E-state index contributed by atoms with van der Waals surface area (Å²) in [5, 5.41) is 2.87. The Morgan fingerprint density at radius 2 is 0.923 bits per heavy atom. The zero-order valence-corrected chi connectivity index (χ0v) is 34.7. The highest BCUT2D eigenvalue weighted by Crippen LogP contribution is 2.13. The predicted molar refractivity (Wildman–Crippen MR) is 221 cm³/mol. The molecular formula is C45H84N2O5. The molecule has 0 radical (unpaired) electrons. The molecule has 1 atom stereocenters. The van der Waals surface area contributed by atoms with Crippen LogP contribution in [0.15, 0.2) is 24.3 Å². The lowest BCUT2D eigenvalue weighted by Gasteiger charge is -2.19. The molecule has 0 heterocycles. The first-order chi connectivity index (χ1) is 25.4. The fraction of sp³-hybridized carbons (Fsp3) is 0.844. The molecule has 0 saturated carbocycles. The van der Waals surface area contributed by atoms with E-state index >= 15 is 0 Å². The van der Waals surface area contributed by atoms with Gasteiger partial charge in [0.2, 0.25) is 5.91 Å². The summed E-state index contributed by atoms with van der Waals surface area (Å²) in [5.41, 5.74) is 0. The molecule has 1 N–H and O–H groups in total. The van der Waals surface area contributed by atoms with Gasteiger partial charge in [0.15, 0.2) is 6.10 Å². The Kier molecular flexibility index (Phi) is 38.4. The molecule has 0 fully saturated rings. The monoisotopic (exact) mass is 733 g/mol. The number of allylic oxidation sites excluding steroid dienone is 4. The first-order valence-electron chi connectivity index (χ1n) is 22.0. The average molecular weight is 733 g/mol. The Morgan fingerprint density at radius 1 is 0.519 bits per heavy atom. The van der Waals surface area contributed by atoms with Gasteiger partial charge in [0.25, 0.3) is 0 Å². The van der Waals surface area contributed by atoms with E-state index in [2.05, 4.69) is 43.5 Å². The second-order valence-electron chi connectivity index (χ2n) is 15.2. The highest BCUT2D eigenvalue weighted by Gasteiger charge is 2.18. The highest BCUT2D eigenvalue weighted by atomic mass is 16.6. The van der Waals surface area contributed by atoms with Crippen molar-refractivity contribution in [1.82, 2.24) is 10.2 Å². The maximum absolute atomic E-state index is 12.7. The van der Waals surface area contributed by atoms with Crippen LogP contribution in [0.3, 0.4) is 0 Å². The number of amides is 1. The lowest BCUT2D eigenvalue weighted by molar-refractivity contribution is -0.159. The highest BCUT2D eigenvalue weighted by molar-refractivity contribution is 5.76. The average Bonchev–Trinajstić information content (AvgIpc) is 3.12. The number of hydrogen-bond donors (Lipinski definition) is 1. The van der Waals surface area contributed by atoms with E-state index in [9.17, 15) is 14.4 Å². The summed E-state index contributed by atoms with van der Waals surface area (Å²) in [6.45, 7) is 5.47. The molecule has 0 aromatic rings. The molecular weight excluding hydrogens is 649 g/mol. The summed E-state index contributed by atoms with van der Waals surface area (Å²) in [7, 11) is 3.96. The third kappa shape index (κ3) is 39.1. The number of nitrogens with zero attached hydrogens (tertiary/aromatic N) is 1. The van der Waals surface area contributed by atoms with Gasteiger partial charge in [-0.05, 0) is 91.3 Å². The van der Waals surface area contributed by atoms with Crippen LogP contribution in [0.5, 0.6) is 0 Å². The quantitative estimate of drug-likeness (QED) is 0.0385. The van der Waals surface area contributed by atoms with Crippen molar-refractivity contribution in [3.8, 4) is 0 Å². The number of carbonyl (C=O) groups is 3. The van der Waals surface area contributed by atoms with Gasteiger partial charge in [0.05, 0.1) is 6.54 Å². The van der Waals surface area contributed by atoms with Crippen LogP contribution in [0.4, 0.5) is 0 Å². The van der Waals surface area contributed by atoms with Crippen molar-refractivity contribution in [3.05, 3.63) is 24.3 Å². The Bertz CT molecular complexity index is 872. The normalized spacial score (nSPS) is 12.2. The minimum absolute atomic E-state index is 0.0278. The van der Waals surface area contributed by atoms with Crippen molar-refractivity contribution in [3.63, 3.8) is 0 Å². The molecule has 1 amide bonds. The van der Waals surface area contributed by atoms with Gasteiger partial charge in [-0.15, -0.1) is 0 Å². The molecule has 0 bridgehead atoms. The van der Waals surface area contributed by atoms with E-state index in [0.29, 0.717) is 19.3 Å². The van der Waals surface area contributed by atoms with Gasteiger partial charge < -0.3 is 19.7 Å². The minimum Gasteiger partial charge on any atom is -0.462 e. The summed E-state index contributed by atoms with van der Waals surface area (Å²) < 4.78 is 11.2. The summed E-state index contributed by atoms with van der Waals surface area (Å²) in [5.74, 6) is -0.647. The van der Waals surface area contributed by atoms with E-state index in [0.717, 1.165) is 64.3 Å². The standard InChI is InChI=1S/C45H84N2O5/c1-5-7-9-11-13-15-17-19-21-23-25-27-29-31-33-37-44(49)51-41-42(40-46-43(48)36-35-39-47(3)4)52-45(50)38-34-32-30-28-26-24-22-20-18-16-14-12-10-8-6-2/h19-22,42H,5-18,23-41H2,1-4H3,(H,46,48)/b21-19-,22-20-. The Hall–Kier alpha value is -2.15. The molecule has 0 rings (SSSR count). The number of ether oxygens (including phenoxy) is 2. The Morgan fingerprint density at radius 3 is 1.37 bits per heavy atom. The fourth-order valence-electron chi connectivity index (χ4n) is 6.19. The lowest BCUT2D eigenvalue weighted by Crippen LogP contribution is -2.38. The maximum atomic E-state index is 12.7. The van der Waals surface area contributed by atoms with Crippen molar-refractivity contribution in [2.45, 2.75) is 213 Å². The second kappa shape index (κ2) is 40.0. The topological polar surface area (TPSA) is 84.9 Å². The molecule has 7 heteroatoms. The molecule has 0 spiro atoms. The zero-order chi connectivity index (χ0) is 38.2. The Balaban J connectivity index is 4.21. The molecule has 52 heavy (non-hydrogen) atoms. The van der Waals surface area contributed by atoms with Crippen LogP contribution in [0.2, 0.25) is 0 Å². The summed E-state index contributed by atoms with van der Waals surface area (Å²) >= 11 is 0. The molecule has 0 aliphatic heterocycles. The van der Waals surface area contributed by atoms with E-state index in [1.807, 2.05) is 19.0 Å². The number of unbranched alkanes of at least 4 members (excludes halogenated alkanes) is 22. The largest absolute Gasteiger partial charge is 0.462 e. The maximum Gasteiger partial charge on any atom is 0.306 e. The van der Waals surface area contributed by atoms with Crippen LogP contribution in [0, 0.1) is 0 Å². The van der Waals surface area contributed by atoms with Crippen LogP contribution in [-0.4, -0.2) is 62.6 Å². The molecule has 1 unspecified atom stereocenters. The van der Waals surface area contributed by atoms with Crippen molar-refractivity contribution >= 4 is 17.8 Å². The van der Waals surface area contributed by atoms with Gasteiger partial charge >= 0.3 is 11.9 Å². The summed E-state index contributed by atoms with van der Waals surface area (Å²) in [6.07, 6.45) is 41.9. The van der Waals surface area contributed by atoms with Crippen molar-refractivity contribution in [2.75, 3.05) is 33.8 Å². The van der Waals surface area contributed by atoms with Crippen molar-refractivity contribution in [1.29, 1.82) is 0 Å². The Labute approximate surface area is 321 Å². The third-order valence-electron chi connectivity index (χ3n) is 9.55. The van der Waals surface area contributed by atoms with Gasteiger partial charge in [-0.1, -0.05) is 141 Å². The number of nitrogens with one attached hydrogen (secondary N) is 1. The van der Waals surface area contributed by atoms with Crippen LogP contribution in [-0.2, 0) is 23.9 Å². The third-order valence-corrected chi connectivity index (χ3v) is 9.55. The number of hydrogen-bond acceptors (Lipinski definition) is 6. The van der Waals surface area contributed by atoms with Crippen LogP contribution in [0.25, 0.3) is 0 Å². The first kappa shape index (κ1) is 49.9. The van der Waals surface area contributed by atoms with Crippen molar-refractivity contribution in [2.24, 2.45) is 0 Å². The van der Waals surface area contributed by atoms with Crippen molar-refractivity contribution < 1.29 is 23.9 Å². The number of rotatable bonds is 39. The van der Waals surface area contributed by atoms with Crippen LogP contribution in [0.1, 0.15) is 206 Å². The van der Waals surface area contributed by atoms with Gasteiger partial charge in [-0.3, -0.25) is 14.4 Å². The smallest absolute Gasteiger partial charge is 0.306 e. The minimum atomic E-state index is -0.675. The lowest BCUT2D eigenvalue weighted by atomic mass is 10.1. The van der Waals surface area contributed by atoms with E-state index in [1.54, 1.807) is 0 Å². The molecule has 7 nitrogen and oxygen atoms in total. The van der Waals surface area contributed by atoms with E-state index in [-0.39, 0.29) is 31.0 Å². The predicted octanol–water partition coefficient (Wildman–Crippen LogP) is 12.0. The molecule has 304 valence electrons. The van der Waals surface area contributed by atoms with E-state index in [1.165, 1.54) is 116 Å². The van der Waals surface area contributed by atoms with Gasteiger partial charge in [-0.25, -0.2) is 0 Å². The number of carbonyl (C=O) groups excluding carboxylic acids is 3. The molecule has 0 aliphatic carbocycles. The fourth-order valence-corrected chi connectivity index (χ4v) is 6.19.